The van der Waals surface area contributed by atoms with Gasteiger partial charge in [0.1, 0.15) is 12.4 Å². The maximum atomic E-state index is 6.02. The molecule has 0 radical (unpaired) electrons. The van der Waals surface area contributed by atoms with Crippen molar-refractivity contribution >= 4 is 5.57 Å². The first kappa shape index (κ1) is 17.4. The Bertz CT molecular complexity index is 739. The number of allylic oxidation sites excluding steroid dienone is 6. The fourth-order valence-corrected chi connectivity index (χ4v) is 4.23. The van der Waals surface area contributed by atoms with Gasteiger partial charge < -0.3 is 9.47 Å². The fraction of sp³-hybridized carbons (Fsp3) is 0.478. The van der Waals surface area contributed by atoms with E-state index >= 15 is 0 Å². The van der Waals surface area contributed by atoms with Crippen molar-refractivity contribution in [3.05, 3.63) is 58.9 Å². The number of aryl methyl sites for hydroxylation is 1. The Morgan fingerprint density at radius 2 is 1.92 bits per heavy atom. The lowest BCUT2D eigenvalue weighted by Gasteiger charge is -2.23. The first-order valence-corrected chi connectivity index (χ1v) is 9.96. The molecular formula is C23H29NO2. The average Bonchev–Trinajstić information content (AvgIpc) is 3.21. The summed E-state index contributed by atoms with van der Waals surface area (Å²) in [5.41, 5.74) is 5.61. The first-order valence-electron chi connectivity index (χ1n) is 9.96. The highest BCUT2D eigenvalue weighted by atomic mass is 16.5. The molecule has 0 spiro atoms. The average molecular weight is 351 g/mol. The van der Waals surface area contributed by atoms with Crippen LogP contribution >= 0.6 is 0 Å². The van der Waals surface area contributed by atoms with Gasteiger partial charge in [-0.25, -0.2) is 0 Å². The lowest BCUT2D eigenvalue weighted by atomic mass is 9.84. The van der Waals surface area contributed by atoms with Crippen molar-refractivity contribution in [1.82, 2.24) is 4.90 Å². The minimum absolute atomic E-state index is 0.820. The van der Waals surface area contributed by atoms with Crippen LogP contribution in [-0.2, 0) is 11.2 Å². The van der Waals surface area contributed by atoms with Crippen molar-refractivity contribution in [1.29, 1.82) is 0 Å². The summed E-state index contributed by atoms with van der Waals surface area (Å²) in [7, 11) is 1.74. The molecule has 3 aliphatic rings. The van der Waals surface area contributed by atoms with Gasteiger partial charge in [-0.05, 0) is 85.7 Å². The van der Waals surface area contributed by atoms with E-state index in [1.54, 1.807) is 7.11 Å². The maximum absolute atomic E-state index is 6.02. The minimum Gasteiger partial charge on any atom is -0.497 e. The van der Waals surface area contributed by atoms with E-state index in [9.17, 15) is 0 Å². The zero-order chi connectivity index (χ0) is 17.8. The molecule has 26 heavy (non-hydrogen) atoms. The van der Waals surface area contributed by atoms with E-state index in [4.69, 9.17) is 9.47 Å². The predicted octanol–water partition coefficient (Wildman–Crippen LogP) is 4.74. The molecule has 1 aromatic rings. The Labute approximate surface area is 157 Å². The molecule has 0 atom stereocenters. The normalized spacial score (nSPS) is 20.1. The lowest BCUT2D eigenvalue weighted by Crippen LogP contribution is -2.24. The van der Waals surface area contributed by atoms with Crippen LogP contribution in [0.1, 0.15) is 43.2 Å². The van der Waals surface area contributed by atoms with Crippen molar-refractivity contribution in [2.24, 2.45) is 0 Å². The first-order chi connectivity index (χ1) is 12.8. The van der Waals surface area contributed by atoms with Gasteiger partial charge in [-0.3, -0.25) is 4.90 Å². The number of methoxy groups -OCH3 is 1. The Kier molecular flexibility index (Phi) is 5.45. The summed E-state index contributed by atoms with van der Waals surface area (Å²) in [6, 6.07) is 6.48. The molecule has 4 rings (SSSR count). The number of fused-ring (bicyclic) bond motifs is 1. The van der Waals surface area contributed by atoms with Gasteiger partial charge in [0.15, 0.2) is 0 Å². The van der Waals surface area contributed by atoms with Crippen molar-refractivity contribution in [2.75, 3.05) is 33.4 Å². The molecule has 1 aliphatic heterocycles. The zero-order valence-corrected chi connectivity index (χ0v) is 15.8. The smallest absolute Gasteiger partial charge is 0.119 e. The molecule has 1 saturated heterocycles. The zero-order valence-electron chi connectivity index (χ0n) is 15.8. The number of benzene rings is 1. The maximum Gasteiger partial charge on any atom is 0.119 e. The van der Waals surface area contributed by atoms with Crippen LogP contribution in [0.3, 0.4) is 0 Å². The topological polar surface area (TPSA) is 21.7 Å². The van der Waals surface area contributed by atoms with Crippen molar-refractivity contribution in [3.8, 4) is 5.75 Å². The molecule has 138 valence electrons. The number of nitrogens with zero attached hydrogens (tertiary/aromatic N) is 1. The SMILES string of the molecule is COc1ccc2c(c1)CCC=C2C1=CC=C(OCCN2CCCC2)CC1. The van der Waals surface area contributed by atoms with Crippen molar-refractivity contribution < 1.29 is 9.47 Å². The van der Waals surface area contributed by atoms with Crippen LogP contribution in [0, 0.1) is 0 Å². The summed E-state index contributed by atoms with van der Waals surface area (Å²) in [5.74, 6) is 2.09. The second-order valence-corrected chi connectivity index (χ2v) is 7.40. The third-order valence-electron chi connectivity index (χ3n) is 5.72. The monoisotopic (exact) mass is 351 g/mol. The molecule has 2 aliphatic carbocycles. The summed E-state index contributed by atoms with van der Waals surface area (Å²) < 4.78 is 11.4. The number of rotatable bonds is 6. The summed E-state index contributed by atoms with van der Waals surface area (Å²) in [4.78, 5) is 2.50. The molecule has 1 fully saturated rings. The van der Waals surface area contributed by atoms with Gasteiger partial charge in [0, 0.05) is 13.0 Å². The Balaban J connectivity index is 1.40. The van der Waals surface area contributed by atoms with E-state index in [2.05, 4.69) is 41.3 Å². The molecule has 0 N–H and O–H groups in total. The van der Waals surface area contributed by atoms with E-state index < -0.39 is 0 Å². The fourth-order valence-electron chi connectivity index (χ4n) is 4.23. The van der Waals surface area contributed by atoms with Gasteiger partial charge in [0.25, 0.3) is 0 Å². The number of likely N-dealkylation sites (tertiary alicyclic amines) is 1. The van der Waals surface area contributed by atoms with Gasteiger partial charge in [0.2, 0.25) is 0 Å². The molecule has 0 amide bonds. The molecule has 1 heterocycles. The largest absolute Gasteiger partial charge is 0.497 e. The van der Waals surface area contributed by atoms with Crippen molar-refractivity contribution in [2.45, 2.75) is 38.5 Å². The van der Waals surface area contributed by atoms with Crippen LogP contribution < -0.4 is 4.74 Å². The standard InChI is InChI=1S/C23H29NO2/c1-25-21-11-12-23-19(17-21)5-4-6-22(23)18-7-9-20(10-8-18)26-16-15-24-13-2-3-14-24/h6-7,9,11-12,17H,2-5,8,10,13-16H2,1H3. The summed E-state index contributed by atoms with van der Waals surface area (Å²) in [6.45, 7) is 4.37. The van der Waals surface area contributed by atoms with Crippen LogP contribution in [0.4, 0.5) is 0 Å². The Morgan fingerprint density at radius 3 is 2.69 bits per heavy atom. The molecule has 3 heteroatoms. The van der Waals surface area contributed by atoms with E-state index in [1.165, 1.54) is 48.2 Å². The van der Waals surface area contributed by atoms with Gasteiger partial charge in [0.05, 0.1) is 12.9 Å². The van der Waals surface area contributed by atoms with E-state index in [0.29, 0.717) is 0 Å². The molecule has 0 aromatic heterocycles. The van der Waals surface area contributed by atoms with E-state index in [0.717, 1.165) is 50.3 Å². The minimum atomic E-state index is 0.820. The van der Waals surface area contributed by atoms with Gasteiger partial charge in [-0.2, -0.15) is 0 Å². The molecule has 3 nitrogen and oxygen atoms in total. The molecular weight excluding hydrogens is 322 g/mol. The molecule has 0 bridgehead atoms. The highest BCUT2D eigenvalue weighted by Crippen LogP contribution is 2.37. The Hall–Kier alpha value is -2.00. The quantitative estimate of drug-likeness (QED) is 0.739. The van der Waals surface area contributed by atoms with Crippen LogP contribution in [0.25, 0.3) is 5.57 Å². The van der Waals surface area contributed by atoms with E-state index in [1.807, 2.05) is 0 Å². The second kappa shape index (κ2) is 8.13. The highest BCUT2D eigenvalue weighted by Gasteiger charge is 2.19. The van der Waals surface area contributed by atoms with Crippen LogP contribution in [0.5, 0.6) is 5.75 Å². The lowest BCUT2D eigenvalue weighted by molar-refractivity contribution is 0.164. The third kappa shape index (κ3) is 3.88. The van der Waals surface area contributed by atoms with Crippen molar-refractivity contribution in [3.63, 3.8) is 0 Å². The number of ether oxygens (including phenoxy) is 2. The van der Waals surface area contributed by atoms with Crippen LogP contribution in [0.2, 0.25) is 0 Å². The van der Waals surface area contributed by atoms with Crippen LogP contribution in [-0.4, -0.2) is 38.3 Å². The van der Waals surface area contributed by atoms with Gasteiger partial charge in [-0.15, -0.1) is 0 Å². The summed E-state index contributed by atoms with van der Waals surface area (Å²) >= 11 is 0. The Morgan fingerprint density at radius 1 is 1.04 bits per heavy atom. The number of hydrogen-bond donors (Lipinski definition) is 0. The predicted molar refractivity (Wildman–Crippen MR) is 106 cm³/mol. The molecule has 0 saturated carbocycles. The van der Waals surface area contributed by atoms with Gasteiger partial charge in [-0.1, -0.05) is 18.2 Å². The van der Waals surface area contributed by atoms with Crippen LogP contribution in [0.15, 0.2) is 47.8 Å². The van der Waals surface area contributed by atoms with E-state index in [-0.39, 0.29) is 0 Å². The molecule has 1 aromatic carbocycles. The summed E-state index contributed by atoms with van der Waals surface area (Å²) in [6.07, 6.45) is 13.8. The highest BCUT2D eigenvalue weighted by molar-refractivity contribution is 5.82. The van der Waals surface area contributed by atoms with Gasteiger partial charge >= 0.3 is 0 Å². The third-order valence-corrected chi connectivity index (χ3v) is 5.72. The molecule has 0 unspecified atom stereocenters. The second-order valence-electron chi connectivity index (χ2n) is 7.40. The number of hydrogen-bond acceptors (Lipinski definition) is 3. The summed E-state index contributed by atoms with van der Waals surface area (Å²) in [5, 5.41) is 0.